The maximum atomic E-state index is 13.1. The third-order valence-electron chi connectivity index (χ3n) is 4.97. The van der Waals surface area contributed by atoms with Crippen molar-refractivity contribution in [2.75, 3.05) is 13.2 Å². The van der Waals surface area contributed by atoms with Crippen LogP contribution >= 0.6 is 27.5 Å². The Kier molecular flexibility index (Phi) is 8.95. The van der Waals surface area contributed by atoms with Gasteiger partial charge in [-0.15, -0.1) is 0 Å². The van der Waals surface area contributed by atoms with Crippen LogP contribution in [-0.2, 0) is 21.5 Å². The normalized spacial score (nSPS) is 12.2. The van der Waals surface area contributed by atoms with Crippen molar-refractivity contribution in [1.29, 1.82) is 0 Å². The summed E-state index contributed by atoms with van der Waals surface area (Å²) >= 11 is 9.82. The minimum Gasteiger partial charge on any atom is -0.483 e. The summed E-state index contributed by atoms with van der Waals surface area (Å²) in [5, 5.41) is 3.32. The lowest BCUT2D eigenvalue weighted by Gasteiger charge is -2.29. The van der Waals surface area contributed by atoms with Gasteiger partial charge in [0.1, 0.15) is 11.8 Å². The summed E-state index contributed by atoms with van der Waals surface area (Å²) in [4.78, 5) is 27.0. The molecule has 0 aliphatic carbocycles. The molecule has 0 aliphatic heterocycles. The number of nitrogens with zero attached hydrogens (tertiary/aromatic N) is 1. The molecule has 2 aromatic carbocycles. The fourth-order valence-electron chi connectivity index (χ4n) is 3.02. The van der Waals surface area contributed by atoms with Crippen LogP contribution in [-0.4, -0.2) is 35.9 Å². The highest BCUT2D eigenvalue weighted by Gasteiger charge is 2.27. The molecule has 0 fully saturated rings. The first-order valence-corrected chi connectivity index (χ1v) is 11.4. The van der Waals surface area contributed by atoms with Crippen LogP contribution in [0.15, 0.2) is 46.9 Å². The SMILES string of the molecule is CCNC(=O)[C@@H](C)N(Cc1ccccc1Cl)C(=O)COc1ccc(C(C)(C)C)cc1Br. The van der Waals surface area contributed by atoms with E-state index in [9.17, 15) is 9.59 Å². The van der Waals surface area contributed by atoms with Crippen molar-refractivity contribution in [3.63, 3.8) is 0 Å². The van der Waals surface area contributed by atoms with Gasteiger partial charge in [0, 0.05) is 18.1 Å². The van der Waals surface area contributed by atoms with Crippen LogP contribution in [0.25, 0.3) is 0 Å². The number of rotatable bonds is 8. The third kappa shape index (κ3) is 6.97. The van der Waals surface area contributed by atoms with Crippen LogP contribution in [0.3, 0.4) is 0 Å². The van der Waals surface area contributed by atoms with Gasteiger partial charge in [-0.2, -0.15) is 0 Å². The monoisotopic (exact) mass is 508 g/mol. The van der Waals surface area contributed by atoms with Gasteiger partial charge in [0.15, 0.2) is 6.61 Å². The molecule has 0 radical (unpaired) electrons. The second kappa shape index (κ2) is 11.0. The largest absolute Gasteiger partial charge is 0.483 e. The Morgan fingerprint density at radius 2 is 1.87 bits per heavy atom. The fraction of sp³-hybridized carbons (Fsp3) is 0.417. The number of ether oxygens (including phenoxy) is 1. The van der Waals surface area contributed by atoms with Gasteiger partial charge >= 0.3 is 0 Å². The van der Waals surface area contributed by atoms with E-state index < -0.39 is 6.04 Å². The van der Waals surface area contributed by atoms with Gasteiger partial charge in [-0.25, -0.2) is 0 Å². The van der Waals surface area contributed by atoms with E-state index in [1.54, 1.807) is 13.0 Å². The number of carbonyl (C=O) groups is 2. The van der Waals surface area contributed by atoms with E-state index in [1.165, 1.54) is 4.90 Å². The first kappa shape index (κ1) is 25.2. The van der Waals surface area contributed by atoms with Crippen molar-refractivity contribution >= 4 is 39.3 Å². The van der Waals surface area contributed by atoms with E-state index in [4.69, 9.17) is 16.3 Å². The van der Waals surface area contributed by atoms with Crippen LogP contribution < -0.4 is 10.1 Å². The van der Waals surface area contributed by atoms with Crippen LogP contribution in [0, 0.1) is 0 Å². The lowest BCUT2D eigenvalue weighted by atomic mass is 9.87. The Morgan fingerprint density at radius 1 is 1.19 bits per heavy atom. The standard InChI is InChI=1S/C24H30BrClN2O3/c1-6-27-23(30)16(2)28(14-17-9-7-8-10-20(17)26)22(29)15-31-21-12-11-18(13-19(21)25)24(3,4)5/h7-13,16H,6,14-15H2,1-5H3,(H,27,30)/t16-/m1/s1. The molecule has 31 heavy (non-hydrogen) atoms. The summed E-state index contributed by atoms with van der Waals surface area (Å²) in [5.74, 6) is 0.0498. The Hall–Kier alpha value is -2.05. The molecule has 0 saturated heterocycles. The highest BCUT2D eigenvalue weighted by atomic mass is 79.9. The summed E-state index contributed by atoms with van der Waals surface area (Å²) < 4.78 is 6.58. The summed E-state index contributed by atoms with van der Waals surface area (Å²) in [5.41, 5.74) is 1.93. The molecular formula is C24H30BrClN2O3. The molecule has 2 amide bonds. The first-order valence-electron chi connectivity index (χ1n) is 10.3. The Labute approximate surface area is 198 Å². The lowest BCUT2D eigenvalue weighted by molar-refractivity contribution is -0.142. The number of likely N-dealkylation sites (N-methyl/N-ethyl adjacent to an activating group) is 1. The van der Waals surface area contributed by atoms with E-state index in [0.29, 0.717) is 17.3 Å². The molecule has 2 rings (SSSR count). The predicted molar refractivity (Wildman–Crippen MR) is 128 cm³/mol. The molecule has 1 atom stereocenters. The van der Waals surface area contributed by atoms with Crippen molar-refractivity contribution < 1.29 is 14.3 Å². The van der Waals surface area contributed by atoms with E-state index in [1.807, 2.05) is 43.3 Å². The molecular weight excluding hydrogens is 480 g/mol. The van der Waals surface area contributed by atoms with Gasteiger partial charge in [0.25, 0.3) is 5.91 Å². The maximum Gasteiger partial charge on any atom is 0.261 e. The minimum absolute atomic E-state index is 0.00465. The zero-order valence-electron chi connectivity index (χ0n) is 18.7. The zero-order chi connectivity index (χ0) is 23.2. The molecule has 0 heterocycles. The van der Waals surface area contributed by atoms with Gasteiger partial charge in [-0.1, -0.05) is 56.6 Å². The molecule has 168 valence electrons. The molecule has 7 heteroatoms. The van der Waals surface area contributed by atoms with Gasteiger partial charge in [-0.3, -0.25) is 9.59 Å². The van der Waals surface area contributed by atoms with Gasteiger partial charge < -0.3 is 15.0 Å². The lowest BCUT2D eigenvalue weighted by Crippen LogP contribution is -2.49. The molecule has 2 aromatic rings. The molecule has 5 nitrogen and oxygen atoms in total. The first-order chi connectivity index (χ1) is 14.5. The van der Waals surface area contributed by atoms with Crippen LogP contribution in [0.1, 0.15) is 45.7 Å². The Balaban J connectivity index is 2.19. The summed E-state index contributed by atoms with van der Waals surface area (Å²) in [7, 11) is 0. The highest BCUT2D eigenvalue weighted by Crippen LogP contribution is 2.31. The topological polar surface area (TPSA) is 58.6 Å². The Bertz CT molecular complexity index is 927. The number of amides is 2. The third-order valence-corrected chi connectivity index (χ3v) is 5.95. The Morgan fingerprint density at radius 3 is 2.45 bits per heavy atom. The second-order valence-electron chi connectivity index (χ2n) is 8.37. The van der Waals surface area contributed by atoms with Gasteiger partial charge in [-0.05, 0) is 64.5 Å². The molecule has 0 unspecified atom stereocenters. The number of halogens is 2. The predicted octanol–water partition coefficient (Wildman–Crippen LogP) is 5.33. The van der Waals surface area contributed by atoms with Crippen molar-refractivity contribution in [3.05, 3.63) is 63.1 Å². The summed E-state index contributed by atoms with van der Waals surface area (Å²) in [6, 6.07) is 12.5. The average molecular weight is 510 g/mol. The van der Waals surface area contributed by atoms with E-state index >= 15 is 0 Å². The zero-order valence-corrected chi connectivity index (χ0v) is 21.0. The second-order valence-corrected chi connectivity index (χ2v) is 9.63. The van der Waals surface area contributed by atoms with Crippen LogP contribution in [0.5, 0.6) is 5.75 Å². The number of hydrogen-bond acceptors (Lipinski definition) is 3. The minimum atomic E-state index is -0.668. The molecule has 0 aromatic heterocycles. The van der Waals surface area contributed by atoms with E-state index in [2.05, 4.69) is 42.0 Å². The van der Waals surface area contributed by atoms with Gasteiger partial charge in [0.2, 0.25) is 5.91 Å². The molecule has 0 bridgehead atoms. The molecule has 0 aliphatic rings. The maximum absolute atomic E-state index is 13.1. The fourth-order valence-corrected chi connectivity index (χ4v) is 3.71. The number of benzene rings is 2. The quantitative estimate of drug-likeness (QED) is 0.523. The average Bonchev–Trinajstić information content (AvgIpc) is 2.71. The molecule has 0 spiro atoms. The van der Waals surface area contributed by atoms with E-state index in [0.717, 1.165) is 15.6 Å². The number of nitrogens with one attached hydrogen (secondary N) is 1. The molecule has 0 saturated carbocycles. The van der Waals surface area contributed by atoms with Crippen molar-refractivity contribution in [2.24, 2.45) is 0 Å². The highest BCUT2D eigenvalue weighted by molar-refractivity contribution is 9.10. The molecule has 1 N–H and O–H groups in total. The van der Waals surface area contributed by atoms with Crippen LogP contribution in [0.2, 0.25) is 5.02 Å². The summed E-state index contributed by atoms with van der Waals surface area (Å²) in [6.45, 7) is 10.4. The summed E-state index contributed by atoms with van der Waals surface area (Å²) in [6.07, 6.45) is 0. The van der Waals surface area contributed by atoms with Crippen molar-refractivity contribution in [2.45, 2.75) is 52.6 Å². The number of carbonyl (C=O) groups excluding carboxylic acids is 2. The van der Waals surface area contributed by atoms with Crippen molar-refractivity contribution in [1.82, 2.24) is 10.2 Å². The van der Waals surface area contributed by atoms with Crippen LogP contribution in [0.4, 0.5) is 0 Å². The smallest absolute Gasteiger partial charge is 0.261 e. The van der Waals surface area contributed by atoms with E-state index in [-0.39, 0.29) is 30.4 Å². The van der Waals surface area contributed by atoms with Crippen molar-refractivity contribution in [3.8, 4) is 5.75 Å². The van der Waals surface area contributed by atoms with Gasteiger partial charge in [0.05, 0.1) is 4.47 Å². The number of hydrogen-bond donors (Lipinski definition) is 1.